The fourth-order valence-corrected chi connectivity index (χ4v) is 4.84. The molecule has 5 rings (SSSR count). The van der Waals surface area contributed by atoms with Crippen molar-refractivity contribution in [1.82, 2.24) is 4.98 Å². The molecule has 2 aromatic carbocycles. The first-order valence-electron chi connectivity index (χ1n) is 11.9. The highest BCUT2D eigenvalue weighted by Gasteiger charge is 2.23. The first-order chi connectivity index (χ1) is 16.6. The minimum Gasteiger partial charge on any atom is -0.493 e. The Balaban J connectivity index is 1.27. The number of carbonyl (C=O) groups is 1. The van der Waals surface area contributed by atoms with Crippen molar-refractivity contribution in [3.05, 3.63) is 71.5 Å². The lowest BCUT2D eigenvalue weighted by Gasteiger charge is -2.27. The third-order valence-electron chi connectivity index (χ3n) is 6.70. The Morgan fingerprint density at radius 3 is 2.65 bits per heavy atom. The fourth-order valence-electron chi connectivity index (χ4n) is 4.84. The number of carboxylic acid groups (broad SMARTS) is 1. The molecule has 0 spiro atoms. The van der Waals surface area contributed by atoms with E-state index < -0.39 is 5.97 Å². The summed E-state index contributed by atoms with van der Waals surface area (Å²) in [4.78, 5) is 18.3. The van der Waals surface area contributed by atoms with E-state index in [1.165, 1.54) is 30.8 Å². The molecule has 0 unspecified atom stereocenters. The Kier molecular flexibility index (Phi) is 6.25. The molecule has 176 valence electrons. The Hall–Kier alpha value is -3.74. The number of aryl methyl sites for hydroxylation is 1. The van der Waals surface area contributed by atoms with Crippen molar-refractivity contribution in [2.45, 2.75) is 32.1 Å². The van der Waals surface area contributed by atoms with E-state index in [-0.39, 0.29) is 11.5 Å². The zero-order valence-corrected chi connectivity index (χ0v) is 19.4. The number of hydrogen-bond donors (Lipinski definition) is 3. The average Bonchev–Trinajstić information content (AvgIpc) is 3.38. The number of hydrogen-bond acceptors (Lipinski definition) is 6. The monoisotopic (exact) mass is 458 g/mol. The summed E-state index contributed by atoms with van der Waals surface area (Å²) < 4.78 is 5.98. The average molecular weight is 459 g/mol. The maximum atomic E-state index is 11.6. The Bertz CT molecular complexity index is 1170. The Labute approximate surface area is 199 Å². The second kappa shape index (κ2) is 9.63. The van der Waals surface area contributed by atoms with Crippen LogP contribution in [0.15, 0.2) is 54.7 Å². The van der Waals surface area contributed by atoms with Crippen LogP contribution in [0, 0.1) is 6.92 Å². The molecule has 1 aromatic heterocycles. The van der Waals surface area contributed by atoms with Crippen LogP contribution in [0.25, 0.3) is 0 Å². The van der Waals surface area contributed by atoms with Crippen LogP contribution in [0.4, 0.5) is 22.7 Å². The lowest BCUT2D eigenvalue weighted by atomic mass is 9.92. The van der Waals surface area contributed by atoms with Gasteiger partial charge in [0, 0.05) is 54.9 Å². The van der Waals surface area contributed by atoms with Crippen molar-refractivity contribution in [1.29, 1.82) is 0 Å². The van der Waals surface area contributed by atoms with Crippen molar-refractivity contribution in [2.24, 2.45) is 0 Å². The zero-order valence-electron chi connectivity index (χ0n) is 19.4. The summed E-state index contributed by atoms with van der Waals surface area (Å²) in [6.07, 6.45) is 4.94. The zero-order chi connectivity index (χ0) is 23.5. The SMILES string of the molecule is Cc1nccc(C(=O)O)c1NC[C@@H]1CCOc2cc(Nc3ccc(N4CCCC4)cc3)ccc21. The molecule has 3 heterocycles. The maximum Gasteiger partial charge on any atom is 0.337 e. The second-order valence-electron chi connectivity index (χ2n) is 8.96. The number of anilines is 4. The molecule has 0 radical (unpaired) electrons. The minimum absolute atomic E-state index is 0.221. The standard InChI is InChI=1S/C27H30N4O3/c1-18-26(24(27(32)33)10-12-28-18)29-17-19-11-15-34-25-16-21(6-9-23(19)25)30-20-4-7-22(8-5-20)31-13-2-3-14-31/h4-10,12,16,19,29-30H,2-3,11,13-15,17H2,1H3,(H,32,33)/t19-/m0/s1. The smallest absolute Gasteiger partial charge is 0.337 e. The van der Waals surface area contributed by atoms with Crippen molar-refractivity contribution in [3.8, 4) is 5.75 Å². The quantitative estimate of drug-likeness (QED) is 0.436. The van der Waals surface area contributed by atoms with Crippen LogP contribution in [-0.4, -0.2) is 42.3 Å². The van der Waals surface area contributed by atoms with E-state index in [0.717, 1.165) is 42.2 Å². The molecule has 34 heavy (non-hydrogen) atoms. The van der Waals surface area contributed by atoms with Crippen molar-refractivity contribution < 1.29 is 14.6 Å². The highest BCUT2D eigenvalue weighted by Crippen LogP contribution is 2.37. The van der Waals surface area contributed by atoms with E-state index in [4.69, 9.17) is 4.74 Å². The molecule has 1 atom stereocenters. The van der Waals surface area contributed by atoms with Gasteiger partial charge in [-0.3, -0.25) is 4.98 Å². The van der Waals surface area contributed by atoms with Crippen molar-refractivity contribution in [3.63, 3.8) is 0 Å². The number of nitrogens with one attached hydrogen (secondary N) is 2. The van der Waals surface area contributed by atoms with Crippen LogP contribution in [-0.2, 0) is 0 Å². The van der Waals surface area contributed by atoms with Gasteiger partial charge >= 0.3 is 5.97 Å². The van der Waals surface area contributed by atoms with Crippen LogP contribution >= 0.6 is 0 Å². The van der Waals surface area contributed by atoms with Crippen LogP contribution < -0.4 is 20.3 Å². The summed E-state index contributed by atoms with van der Waals surface area (Å²) in [5.74, 6) is 0.140. The lowest BCUT2D eigenvalue weighted by molar-refractivity contribution is 0.0697. The molecule has 3 N–H and O–H groups in total. The summed E-state index contributed by atoms with van der Waals surface area (Å²) in [5.41, 5.74) is 5.95. The van der Waals surface area contributed by atoms with Gasteiger partial charge in [-0.05, 0) is 68.1 Å². The highest BCUT2D eigenvalue weighted by atomic mass is 16.5. The number of aromatic carboxylic acids is 1. The predicted octanol–water partition coefficient (Wildman–Crippen LogP) is 5.41. The summed E-state index contributed by atoms with van der Waals surface area (Å²) in [7, 11) is 0. The number of nitrogens with zero attached hydrogens (tertiary/aromatic N) is 2. The van der Waals surface area contributed by atoms with E-state index in [2.05, 4.69) is 56.9 Å². The molecule has 1 fully saturated rings. The van der Waals surface area contributed by atoms with E-state index in [1.54, 1.807) is 0 Å². The fraction of sp³-hybridized carbons (Fsp3) is 0.333. The van der Waals surface area contributed by atoms with Gasteiger partial charge in [0.15, 0.2) is 0 Å². The maximum absolute atomic E-state index is 11.6. The largest absolute Gasteiger partial charge is 0.493 e. The third-order valence-corrected chi connectivity index (χ3v) is 6.70. The molecule has 0 saturated carbocycles. The van der Waals surface area contributed by atoms with Gasteiger partial charge in [0.1, 0.15) is 5.75 Å². The van der Waals surface area contributed by atoms with Gasteiger partial charge in [-0.1, -0.05) is 6.07 Å². The van der Waals surface area contributed by atoms with E-state index >= 15 is 0 Å². The molecule has 0 bridgehead atoms. The van der Waals surface area contributed by atoms with E-state index in [9.17, 15) is 9.90 Å². The molecule has 0 aliphatic carbocycles. The minimum atomic E-state index is -0.954. The van der Waals surface area contributed by atoms with Crippen LogP contribution in [0.3, 0.4) is 0 Å². The summed E-state index contributed by atoms with van der Waals surface area (Å²) in [5, 5.41) is 16.3. The number of rotatable bonds is 7. The molecular weight excluding hydrogens is 428 g/mol. The summed E-state index contributed by atoms with van der Waals surface area (Å²) in [6.45, 7) is 5.35. The number of fused-ring (bicyclic) bond motifs is 1. The molecule has 2 aliphatic rings. The number of benzene rings is 2. The number of ether oxygens (including phenoxy) is 1. The Morgan fingerprint density at radius 2 is 1.88 bits per heavy atom. The third kappa shape index (κ3) is 4.64. The first-order valence-corrected chi connectivity index (χ1v) is 11.9. The van der Waals surface area contributed by atoms with Crippen molar-refractivity contribution in [2.75, 3.05) is 41.8 Å². The lowest BCUT2D eigenvalue weighted by Crippen LogP contribution is -2.22. The van der Waals surface area contributed by atoms with Gasteiger partial charge in [0.2, 0.25) is 0 Å². The molecule has 7 nitrogen and oxygen atoms in total. The van der Waals surface area contributed by atoms with Crippen LogP contribution in [0.2, 0.25) is 0 Å². The van der Waals surface area contributed by atoms with Crippen LogP contribution in [0.5, 0.6) is 5.75 Å². The molecule has 7 heteroatoms. The Morgan fingerprint density at radius 1 is 1.12 bits per heavy atom. The predicted molar refractivity (Wildman–Crippen MR) is 135 cm³/mol. The molecular formula is C27H30N4O3. The van der Waals surface area contributed by atoms with Gasteiger partial charge in [-0.15, -0.1) is 0 Å². The second-order valence-corrected chi connectivity index (χ2v) is 8.96. The van der Waals surface area contributed by atoms with Gasteiger partial charge in [0.05, 0.1) is 23.6 Å². The topological polar surface area (TPSA) is 86.7 Å². The van der Waals surface area contributed by atoms with Gasteiger partial charge in [-0.2, -0.15) is 0 Å². The van der Waals surface area contributed by atoms with Crippen LogP contribution in [0.1, 0.15) is 46.8 Å². The highest BCUT2D eigenvalue weighted by molar-refractivity contribution is 5.94. The number of aromatic nitrogens is 1. The van der Waals surface area contributed by atoms with E-state index in [0.29, 0.717) is 24.5 Å². The normalized spacial score (nSPS) is 17.1. The summed E-state index contributed by atoms with van der Waals surface area (Å²) in [6, 6.07) is 16.4. The molecule has 2 aliphatic heterocycles. The number of pyridine rings is 1. The van der Waals surface area contributed by atoms with Gasteiger partial charge in [-0.25, -0.2) is 4.79 Å². The van der Waals surface area contributed by atoms with Crippen molar-refractivity contribution >= 4 is 28.7 Å². The first kappa shape index (κ1) is 22.1. The number of carboxylic acids is 1. The molecule has 1 saturated heterocycles. The van der Waals surface area contributed by atoms with E-state index in [1.807, 2.05) is 13.0 Å². The van der Waals surface area contributed by atoms with Gasteiger partial charge < -0.3 is 25.4 Å². The van der Waals surface area contributed by atoms with Gasteiger partial charge in [0.25, 0.3) is 0 Å². The summed E-state index contributed by atoms with van der Waals surface area (Å²) >= 11 is 0. The molecule has 0 amide bonds. The molecule has 3 aromatic rings.